The summed E-state index contributed by atoms with van der Waals surface area (Å²) in [6, 6.07) is -0.841. The molecule has 0 saturated heterocycles. The number of nitrogens with one attached hydrogen (secondary N) is 1. The lowest BCUT2D eigenvalue weighted by Crippen LogP contribution is -2.47. The van der Waals surface area contributed by atoms with E-state index < -0.39 is 20.0 Å². The molecule has 0 aromatic rings. The Labute approximate surface area is 518 Å². The number of allylic oxidation sites excluding steroid dienone is 1. The Bertz CT molecular complexity index is 1420. The summed E-state index contributed by atoms with van der Waals surface area (Å²) in [6.45, 7) is 7.10. The largest absolute Gasteiger partial charge is 0.472 e. The van der Waals surface area contributed by atoms with Crippen molar-refractivity contribution in [2.24, 2.45) is 0 Å². The van der Waals surface area contributed by atoms with E-state index in [1.54, 1.807) is 0 Å². The topological polar surface area (TPSA) is 111 Å². The van der Waals surface area contributed by atoms with E-state index in [0.29, 0.717) is 23.9 Å². The predicted octanol–water partition coefficient (Wildman–Crippen LogP) is 23.5. The first-order valence-electron chi connectivity index (χ1n) is 37.0. The van der Waals surface area contributed by atoms with Crippen molar-refractivity contribution in [3.8, 4) is 0 Å². The Hall–Kier alpha value is -1.25. The molecular weight excluding hydrogens is 1050 g/mol. The Morgan fingerprint density at radius 3 is 0.988 bits per heavy atom. The van der Waals surface area contributed by atoms with Gasteiger partial charge in [0.05, 0.1) is 33.8 Å². The van der Waals surface area contributed by atoms with Crippen LogP contribution in [-0.2, 0) is 27.9 Å². The maximum atomic E-state index is 13.6. The van der Waals surface area contributed by atoms with E-state index in [1.165, 1.54) is 302 Å². The van der Waals surface area contributed by atoms with Gasteiger partial charge in [0.15, 0.2) is 0 Å². The second-order valence-corrected chi connectivity index (χ2v) is 28.3. The van der Waals surface area contributed by atoms with Crippen LogP contribution in [0, 0.1) is 0 Å². The predicted molar refractivity (Wildman–Crippen MR) is 360 cm³/mol. The number of phosphoric ester groups is 1. The zero-order valence-electron chi connectivity index (χ0n) is 56.7. The van der Waals surface area contributed by atoms with Gasteiger partial charge in [-0.15, -0.1) is 0 Å². The third-order valence-electron chi connectivity index (χ3n) is 17.2. The Kier molecular flexibility index (Phi) is 62.8. The molecule has 83 heavy (non-hydrogen) atoms. The lowest BCUT2D eigenvalue weighted by atomic mass is 10.0. The van der Waals surface area contributed by atoms with E-state index in [-0.39, 0.29) is 25.1 Å². The van der Waals surface area contributed by atoms with Crippen LogP contribution in [0.3, 0.4) is 0 Å². The zero-order valence-corrected chi connectivity index (χ0v) is 57.6. The van der Waals surface area contributed by atoms with Gasteiger partial charge in [-0.2, -0.15) is 0 Å². The lowest BCUT2D eigenvalue weighted by Gasteiger charge is -2.27. The molecule has 494 valence electrons. The fourth-order valence-electron chi connectivity index (χ4n) is 11.5. The average Bonchev–Trinajstić information content (AvgIpc) is 3.48. The third-order valence-corrected chi connectivity index (χ3v) is 18.2. The van der Waals surface area contributed by atoms with Crippen molar-refractivity contribution in [1.29, 1.82) is 0 Å². The molecule has 0 bridgehead atoms. The highest BCUT2D eigenvalue weighted by Crippen LogP contribution is 2.43. The lowest BCUT2D eigenvalue weighted by molar-refractivity contribution is -0.870. The van der Waals surface area contributed by atoms with Crippen molar-refractivity contribution in [2.75, 3.05) is 40.9 Å². The van der Waals surface area contributed by atoms with E-state index in [0.717, 1.165) is 57.8 Å². The minimum atomic E-state index is -4.45. The Morgan fingerprint density at radius 2 is 0.687 bits per heavy atom. The standard InChI is InChI=1S/C73H145N2O7P/c1-7-10-13-16-19-22-25-28-30-32-34-36-37-39-40-42-44-47-50-53-56-59-62-65-72(76)74-70(69-81-83(78,79)80-68-67-75(4,5)6)71(64-61-58-55-52-49-46-27-24-21-18-15-12-9-3)82-73(77)66-63-60-57-54-51-48-45-43-41-38-35-33-31-29-26-23-20-17-14-11-8-2/h61,64,70-71H,7-60,62-63,65-69H2,1-6H3,(H-,74,76,78,79)/p+1/b64-61+. The molecule has 10 heteroatoms. The molecule has 0 aromatic heterocycles. The Balaban J connectivity index is 5.02. The first kappa shape index (κ1) is 81.8. The number of unbranched alkanes of at least 4 members (excludes halogenated alkanes) is 53. The van der Waals surface area contributed by atoms with Gasteiger partial charge in [-0.05, 0) is 31.8 Å². The summed E-state index contributed by atoms with van der Waals surface area (Å²) in [5.74, 6) is -0.474. The van der Waals surface area contributed by atoms with E-state index in [4.69, 9.17) is 13.8 Å². The number of quaternary nitrogens is 1. The summed E-state index contributed by atoms with van der Waals surface area (Å²) in [6.07, 6.45) is 76.6. The molecule has 1 amide bonds. The van der Waals surface area contributed by atoms with Crippen LogP contribution in [0.5, 0.6) is 0 Å². The van der Waals surface area contributed by atoms with Crippen LogP contribution >= 0.6 is 7.82 Å². The SMILES string of the molecule is CCCCCCCCCCCCC/C=C/C(OC(=O)CCCCCCCCCCCCCCCCCCCCCCC)C(COP(=O)(O)OCC[N+](C)(C)C)NC(=O)CCCCCCCCCCCCCCCCCCCCCCCCC. The molecule has 0 saturated carbocycles. The monoisotopic (exact) mass is 1190 g/mol. The van der Waals surface area contributed by atoms with Crippen LogP contribution in [-0.4, -0.2) is 74.3 Å². The van der Waals surface area contributed by atoms with Gasteiger partial charge in [0.1, 0.15) is 19.3 Å². The van der Waals surface area contributed by atoms with E-state index in [9.17, 15) is 19.0 Å². The second kappa shape index (κ2) is 63.8. The van der Waals surface area contributed by atoms with Gasteiger partial charge in [-0.25, -0.2) is 4.57 Å². The maximum absolute atomic E-state index is 13.6. The van der Waals surface area contributed by atoms with Gasteiger partial charge in [-0.1, -0.05) is 361 Å². The highest BCUT2D eigenvalue weighted by Gasteiger charge is 2.30. The number of likely N-dealkylation sites (N-methyl/N-ethyl adjacent to an activating group) is 1. The molecular formula is C73H146N2O7P+. The second-order valence-electron chi connectivity index (χ2n) is 26.8. The summed E-state index contributed by atoms with van der Waals surface area (Å²) in [5.41, 5.74) is 0. The molecule has 9 nitrogen and oxygen atoms in total. The number of ether oxygens (including phenoxy) is 1. The van der Waals surface area contributed by atoms with Crippen LogP contribution in [0.4, 0.5) is 0 Å². The highest BCUT2D eigenvalue weighted by atomic mass is 31.2. The fraction of sp³-hybridized carbons (Fsp3) is 0.945. The summed E-state index contributed by atoms with van der Waals surface area (Å²) in [4.78, 5) is 37.9. The summed E-state index contributed by atoms with van der Waals surface area (Å²) in [5, 5.41) is 3.09. The molecule has 0 aromatic carbocycles. The van der Waals surface area contributed by atoms with Crippen LogP contribution in [0.1, 0.15) is 393 Å². The van der Waals surface area contributed by atoms with Gasteiger partial charge in [0.25, 0.3) is 0 Å². The summed E-state index contributed by atoms with van der Waals surface area (Å²) in [7, 11) is 1.53. The summed E-state index contributed by atoms with van der Waals surface area (Å²) < 4.78 is 30.9. The smallest absolute Gasteiger partial charge is 0.456 e. The first-order valence-corrected chi connectivity index (χ1v) is 38.5. The number of amides is 1. The molecule has 0 heterocycles. The zero-order chi connectivity index (χ0) is 60.7. The number of esters is 1. The van der Waals surface area contributed by atoms with Crippen LogP contribution < -0.4 is 5.32 Å². The fourth-order valence-corrected chi connectivity index (χ4v) is 12.3. The van der Waals surface area contributed by atoms with E-state index in [2.05, 4.69) is 32.2 Å². The number of carbonyl (C=O) groups is 2. The van der Waals surface area contributed by atoms with Crippen LogP contribution in [0.2, 0.25) is 0 Å². The van der Waals surface area contributed by atoms with Gasteiger partial charge >= 0.3 is 13.8 Å². The van der Waals surface area contributed by atoms with Crippen molar-refractivity contribution in [3.63, 3.8) is 0 Å². The van der Waals surface area contributed by atoms with Crippen LogP contribution in [0.15, 0.2) is 12.2 Å². The summed E-state index contributed by atoms with van der Waals surface area (Å²) >= 11 is 0. The molecule has 0 aliphatic heterocycles. The maximum Gasteiger partial charge on any atom is 0.472 e. The van der Waals surface area contributed by atoms with Crippen molar-refractivity contribution < 1.29 is 37.3 Å². The minimum Gasteiger partial charge on any atom is -0.456 e. The molecule has 0 aliphatic carbocycles. The number of phosphoric acid groups is 1. The molecule has 2 N–H and O–H groups in total. The van der Waals surface area contributed by atoms with Gasteiger partial charge in [-0.3, -0.25) is 18.6 Å². The quantitative estimate of drug-likeness (QED) is 0.0205. The minimum absolute atomic E-state index is 0.0463. The van der Waals surface area contributed by atoms with E-state index in [1.807, 2.05) is 27.2 Å². The Morgan fingerprint density at radius 1 is 0.410 bits per heavy atom. The molecule has 0 radical (unpaired) electrons. The van der Waals surface area contributed by atoms with Gasteiger partial charge in [0.2, 0.25) is 5.91 Å². The molecule has 0 aliphatic rings. The number of carbonyl (C=O) groups excluding carboxylic acids is 2. The molecule has 3 atom stereocenters. The molecule has 3 unspecified atom stereocenters. The van der Waals surface area contributed by atoms with Crippen molar-refractivity contribution in [2.45, 2.75) is 405 Å². The molecule has 0 fully saturated rings. The highest BCUT2D eigenvalue weighted by molar-refractivity contribution is 7.47. The van der Waals surface area contributed by atoms with Crippen LogP contribution in [0.25, 0.3) is 0 Å². The normalized spacial score (nSPS) is 13.5. The number of hydrogen-bond donors (Lipinski definition) is 2. The third kappa shape index (κ3) is 65.0. The van der Waals surface area contributed by atoms with Gasteiger partial charge in [0, 0.05) is 12.8 Å². The molecule has 0 rings (SSSR count). The van der Waals surface area contributed by atoms with E-state index >= 15 is 0 Å². The van der Waals surface area contributed by atoms with Crippen molar-refractivity contribution in [3.05, 3.63) is 12.2 Å². The first-order chi connectivity index (χ1) is 40.4. The number of rotatable bonds is 69. The van der Waals surface area contributed by atoms with Gasteiger partial charge < -0.3 is 19.4 Å². The number of nitrogens with zero attached hydrogens (tertiary/aromatic N) is 1. The van der Waals surface area contributed by atoms with Crippen molar-refractivity contribution >= 4 is 19.7 Å². The number of hydrogen-bond acceptors (Lipinski definition) is 6. The van der Waals surface area contributed by atoms with Crippen molar-refractivity contribution in [1.82, 2.24) is 5.32 Å². The average molecular weight is 1190 g/mol. The molecule has 0 spiro atoms.